The van der Waals surface area contributed by atoms with Crippen LogP contribution < -0.4 is 5.32 Å². The predicted octanol–water partition coefficient (Wildman–Crippen LogP) is 0.740. The minimum atomic E-state index is -3.59. The zero-order chi connectivity index (χ0) is 17.4. The Morgan fingerprint density at radius 3 is 2.79 bits per heavy atom. The molecule has 0 unspecified atom stereocenters. The van der Waals surface area contributed by atoms with Gasteiger partial charge in [-0.3, -0.25) is 4.79 Å². The number of carbonyl (C=O) groups excluding carboxylic acids is 1. The number of halogens is 1. The summed E-state index contributed by atoms with van der Waals surface area (Å²) in [5.41, 5.74) is -0.195. The van der Waals surface area contributed by atoms with Crippen LogP contribution in [-0.4, -0.2) is 52.0 Å². The van der Waals surface area contributed by atoms with Crippen molar-refractivity contribution >= 4 is 15.9 Å². The molecule has 2 aliphatic rings. The summed E-state index contributed by atoms with van der Waals surface area (Å²) in [6, 6.07) is 5.42. The Morgan fingerprint density at radius 2 is 2.12 bits per heavy atom. The number of carbonyl (C=O) groups is 1. The molecule has 3 rings (SSSR count). The highest BCUT2D eigenvalue weighted by atomic mass is 32.2. The monoisotopic (exact) mass is 356 g/mol. The molecule has 2 saturated heterocycles. The van der Waals surface area contributed by atoms with Gasteiger partial charge >= 0.3 is 0 Å². The van der Waals surface area contributed by atoms with E-state index < -0.39 is 21.3 Å². The first-order chi connectivity index (χ1) is 11.4. The van der Waals surface area contributed by atoms with E-state index in [4.69, 9.17) is 4.74 Å². The van der Waals surface area contributed by atoms with Crippen LogP contribution in [0.5, 0.6) is 0 Å². The van der Waals surface area contributed by atoms with E-state index in [1.54, 1.807) is 7.05 Å². The van der Waals surface area contributed by atoms with Gasteiger partial charge in [-0.05, 0) is 24.1 Å². The lowest BCUT2D eigenvalue weighted by Gasteiger charge is -2.36. The van der Waals surface area contributed by atoms with E-state index in [2.05, 4.69) is 5.32 Å². The van der Waals surface area contributed by atoms with Gasteiger partial charge in [-0.2, -0.15) is 0 Å². The van der Waals surface area contributed by atoms with E-state index >= 15 is 0 Å². The summed E-state index contributed by atoms with van der Waals surface area (Å²) in [6.07, 6.45) is 0.514. The molecule has 0 bridgehead atoms. The zero-order valence-corrected chi connectivity index (χ0v) is 14.3. The number of hydrogen-bond acceptors (Lipinski definition) is 4. The van der Waals surface area contributed by atoms with Crippen LogP contribution in [0.2, 0.25) is 0 Å². The van der Waals surface area contributed by atoms with E-state index in [-0.39, 0.29) is 30.7 Å². The summed E-state index contributed by atoms with van der Waals surface area (Å²) in [4.78, 5) is 12.4. The van der Waals surface area contributed by atoms with Gasteiger partial charge in [-0.25, -0.2) is 17.1 Å². The summed E-state index contributed by atoms with van der Waals surface area (Å²) in [5, 5.41) is 2.67. The number of ether oxygens (including phenoxy) is 1. The lowest BCUT2D eigenvalue weighted by Crippen LogP contribution is -2.49. The Balaban J connectivity index is 1.82. The van der Waals surface area contributed by atoms with Crippen LogP contribution in [0.4, 0.5) is 4.39 Å². The first-order valence-corrected chi connectivity index (χ1v) is 9.50. The van der Waals surface area contributed by atoms with Gasteiger partial charge in [-0.1, -0.05) is 12.1 Å². The number of rotatable bonds is 4. The highest BCUT2D eigenvalue weighted by Crippen LogP contribution is 2.43. The average Bonchev–Trinajstić information content (AvgIpc) is 2.98. The van der Waals surface area contributed by atoms with E-state index in [9.17, 15) is 17.6 Å². The molecule has 2 aliphatic heterocycles. The number of nitrogens with one attached hydrogen (secondary N) is 1. The summed E-state index contributed by atoms with van der Waals surface area (Å²) in [5.74, 6) is -0.881. The third-order valence-corrected chi connectivity index (χ3v) is 6.77. The van der Waals surface area contributed by atoms with Gasteiger partial charge in [-0.15, -0.1) is 0 Å². The number of hydrogen-bond donors (Lipinski definition) is 1. The van der Waals surface area contributed by atoms with Crippen LogP contribution in [0.25, 0.3) is 0 Å². The topological polar surface area (TPSA) is 75.7 Å². The first-order valence-electron chi connectivity index (χ1n) is 7.89. The molecule has 24 heavy (non-hydrogen) atoms. The molecule has 1 aromatic carbocycles. The lowest BCUT2D eigenvalue weighted by molar-refractivity contribution is -0.138. The second kappa shape index (κ2) is 6.42. The van der Waals surface area contributed by atoms with Gasteiger partial charge in [0.15, 0.2) is 0 Å². The summed E-state index contributed by atoms with van der Waals surface area (Å²) >= 11 is 0. The minimum Gasteiger partial charge on any atom is -0.381 e. The molecule has 2 fully saturated rings. The van der Waals surface area contributed by atoms with Crippen molar-refractivity contribution in [1.82, 2.24) is 9.62 Å². The van der Waals surface area contributed by atoms with Gasteiger partial charge in [0, 0.05) is 32.7 Å². The molecule has 2 heterocycles. The largest absolute Gasteiger partial charge is 0.381 e. The van der Waals surface area contributed by atoms with Crippen LogP contribution >= 0.6 is 0 Å². The standard InChI is InChI=1S/C16H21FN2O4S/c1-18-15(20)16-6-7-23-9-13(16)8-19(11-16)24(21,22)10-12-2-4-14(17)5-3-12/h2-5,13H,6-11H2,1H3,(H,18,20)/t13-,16+/m1/s1. The Hall–Kier alpha value is -1.51. The Labute approximate surface area is 141 Å². The zero-order valence-electron chi connectivity index (χ0n) is 13.5. The number of amides is 1. The van der Waals surface area contributed by atoms with Gasteiger partial charge < -0.3 is 10.1 Å². The van der Waals surface area contributed by atoms with Gasteiger partial charge in [0.1, 0.15) is 5.82 Å². The van der Waals surface area contributed by atoms with Crippen LogP contribution in [-0.2, 0) is 25.3 Å². The fourth-order valence-electron chi connectivity index (χ4n) is 3.62. The van der Waals surface area contributed by atoms with Crippen molar-refractivity contribution in [2.45, 2.75) is 12.2 Å². The molecule has 0 aliphatic carbocycles. The Morgan fingerprint density at radius 1 is 1.42 bits per heavy atom. The molecule has 6 nitrogen and oxygen atoms in total. The second-order valence-electron chi connectivity index (χ2n) is 6.43. The summed E-state index contributed by atoms with van der Waals surface area (Å²) < 4.78 is 45.3. The van der Waals surface area contributed by atoms with Gasteiger partial charge in [0.2, 0.25) is 15.9 Å². The highest BCUT2D eigenvalue weighted by molar-refractivity contribution is 7.88. The second-order valence-corrected chi connectivity index (χ2v) is 8.40. The average molecular weight is 356 g/mol. The molecular weight excluding hydrogens is 335 g/mol. The molecule has 1 aromatic rings. The number of benzene rings is 1. The fraction of sp³-hybridized carbons (Fsp3) is 0.562. The van der Waals surface area contributed by atoms with Crippen LogP contribution in [0.1, 0.15) is 12.0 Å². The summed E-state index contributed by atoms with van der Waals surface area (Å²) in [6.45, 7) is 1.28. The van der Waals surface area contributed by atoms with E-state index in [1.807, 2.05) is 0 Å². The first kappa shape index (κ1) is 17.3. The third kappa shape index (κ3) is 3.05. The van der Waals surface area contributed by atoms with E-state index in [1.165, 1.54) is 28.6 Å². The van der Waals surface area contributed by atoms with Crippen molar-refractivity contribution in [2.24, 2.45) is 11.3 Å². The summed E-state index contributed by atoms with van der Waals surface area (Å²) in [7, 11) is -2.02. The highest BCUT2D eigenvalue weighted by Gasteiger charge is 2.55. The molecule has 1 amide bonds. The van der Waals surface area contributed by atoms with Gasteiger partial charge in [0.25, 0.3) is 0 Å². The van der Waals surface area contributed by atoms with Crippen molar-refractivity contribution in [3.63, 3.8) is 0 Å². The maximum atomic E-state index is 13.0. The fourth-order valence-corrected chi connectivity index (χ4v) is 5.25. The van der Waals surface area contributed by atoms with Crippen molar-refractivity contribution in [2.75, 3.05) is 33.4 Å². The molecular formula is C16H21FN2O4S. The quantitative estimate of drug-likeness (QED) is 0.863. The molecule has 0 saturated carbocycles. The third-order valence-electron chi connectivity index (χ3n) is 5.01. The Kier molecular flexibility index (Phi) is 4.63. The molecule has 132 valence electrons. The van der Waals surface area contributed by atoms with Crippen LogP contribution in [0.15, 0.2) is 24.3 Å². The van der Waals surface area contributed by atoms with Crippen molar-refractivity contribution in [3.05, 3.63) is 35.6 Å². The minimum absolute atomic E-state index is 0.129. The SMILES string of the molecule is CNC(=O)[C@]12CCOC[C@H]1CN(S(=O)(=O)Cc1ccc(F)cc1)C2. The van der Waals surface area contributed by atoms with Crippen LogP contribution in [0, 0.1) is 17.2 Å². The number of fused-ring (bicyclic) bond motifs is 1. The smallest absolute Gasteiger partial charge is 0.227 e. The molecule has 0 aromatic heterocycles. The number of sulfonamides is 1. The van der Waals surface area contributed by atoms with Crippen molar-refractivity contribution in [1.29, 1.82) is 0 Å². The number of nitrogens with zero attached hydrogens (tertiary/aromatic N) is 1. The molecule has 1 N–H and O–H groups in total. The Bertz CT molecular complexity index is 722. The lowest BCUT2D eigenvalue weighted by atomic mass is 9.73. The molecule has 2 atom stereocenters. The normalized spacial score (nSPS) is 27.7. The predicted molar refractivity (Wildman–Crippen MR) is 86.0 cm³/mol. The van der Waals surface area contributed by atoms with E-state index in [0.717, 1.165) is 0 Å². The van der Waals surface area contributed by atoms with E-state index in [0.29, 0.717) is 25.2 Å². The molecule has 8 heteroatoms. The van der Waals surface area contributed by atoms with Gasteiger partial charge in [0.05, 0.1) is 17.8 Å². The maximum Gasteiger partial charge on any atom is 0.227 e. The van der Waals surface area contributed by atoms with Crippen LogP contribution in [0.3, 0.4) is 0 Å². The molecule has 0 spiro atoms. The van der Waals surface area contributed by atoms with Crippen molar-refractivity contribution in [3.8, 4) is 0 Å². The maximum absolute atomic E-state index is 13.0. The van der Waals surface area contributed by atoms with Crippen molar-refractivity contribution < 1.29 is 22.3 Å². The molecule has 0 radical (unpaired) electrons.